The Labute approximate surface area is 200 Å². The van der Waals surface area contributed by atoms with Gasteiger partial charge in [-0.25, -0.2) is 39.5 Å². The summed E-state index contributed by atoms with van der Waals surface area (Å²) in [6.07, 6.45) is 0. The van der Waals surface area contributed by atoms with E-state index in [2.05, 4.69) is 9.69 Å². The molecular weight excluding hydrogens is 575 g/mol. The lowest BCUT2D eigenvalue weighted by molar-refractivity contribution is -0.609. The normalized spacial score (nSPS) is 22.7. The molecule has 0 spiro atoms. The maximum Gasteiger partial charge on any atom is 0.370 e. The van der Waals surface area contributed by atoms with Gasteiger partial charge in [0.25, 0.3) is 7.14 Å². The minimum absolute atomic E-state index is 0.428. The van der Waals surface area contributed by atoms with Crippen molar-refractivity contribution >= 4 is 0 Å². The molecule has 1 fully saturated rings. The number of hydrogen-bond donors (Lipinski definition) is 0. The van der Waals surface area contributed by atoms with Crippen LogP contribution in [0.1, 0.15) is 0 Å². The SMILES string of the molecule is Fc1cc(F)c([I+]c2c(F)cc(F)cc2F)c(F)c1.[C-]#[N+]C1C(C#N)C(C#N)C(C#N)C1[N+]#[C-]. The van der Waals surface area contributed by atoms with E-state index in [0.717, 1.165) is 0 Å². The lowest BCUT2D eigenvalue weighted by Crippen LogP contribution is -3.62. The number of rotatable bonds is 2. The highest BCUT2D eigenvalue weighted by Gasteiger charge is 2.61. The molecule has 2 aromatic carbocycles. The van der Waals surface area contributed by atoms with Gasteiger partial charge in [-0.05, 0) is 0 Å². The Morgan fingerprint density at radius 3 is 1.15 bits per heavy atom. The van der Waals surface area contributed by atoms with Gasteiger partial charge in [0.15, 0.2) is 23.3 Å². The monoisotopic (exact) mass is 584 g/mol. The quantitative estimate of drug-likeness (QED) is 0.177. The molecule has 0 radical (unpaired) electrons. The summed E-state index contributed by atoms with van der Waals surface area (Å²) >= 11 is -1.92. The van der Waals surface area contributed by atoms with Crippen LogP contribution in [0.15, 0.2) is 24.3 Å². The summed E-state index contributed by atoms with van der Waals surface area (Å²) in [4.78, 5) is 6.40. The molecule has 1 aliphatic carbocycles. The van der Waals surface area contributed by atoms with E-state index in [-0.39, 0.29) is 0 Å². The van der Waals surface area contributed by atoms with E-state index in [1.165, 1.54) is 0 Å². The third-order valence-corrected chi connectivity index (χ3v) is 7.83. The Kier molecular flexibility index (Phi) is 8.84. The van der Waals surface area contributed by atoms with Gasteiger partial charge in [-0.1, -0.05) is 0 Å². The molecule has 0 bridgehead atoms. The second-order valence-electron chi connectivity index (χ2n) is 6.67. The fraction of sp³-hybridized carbons (Fsp3) is 0.227. The highest BCUT2D eigenvalue weighted by Crippen LogP contribution is 2.40. The van der Waals surface area contributed by atoms with E-state index in [0.29, 0.717) is 24.3 Å². The first kappa shape index (κ1) is 26.5. The van der Waals surface area contributed by atoms with Crippen LogP contribution in [0.3, 0.4) is 0 Å². The van der Waals surface area contributed by atoms with Crippen molar-refractivity contribution in [1.82, 2.24) is 0 Å². The standard InChI is InChI=1S/C12H4F6I.C10H5N5/c13-5-1-7(15)11(8(16)2-5)19-12-9(17)3-6(14)4-10(12)18;1-14-9-7(4-12)6(3-11)8(5-13)10(9)15-2/h1-4H;6-10H/q+1;. The molecule has 0 aromatic heterocycles. The van der Waals surface area contributed by atoms with Crippen molar-refractivity contribution in [2.75, 3.05) is 0 Å². The van der Waals surface area contributed by atoms with E-state index in [4.69, 9.17) is 28.9 Å². The van der Waals surface area contributed by atoms with Gasteiger partial charge < -0.3 is 9.69 Å². The van der Waals surface area contributed by atoms with Crippen LogP contribution in [0.2, 0.25) is 0 Å². The summed E-state index contributed by atoms with van der Waals surface area (Å²) in [6, 6.07) is 5.61. The Morgan fingerprint density at radius 2 is 0.912 bits per heavy atom. The fourth-order valence-corrected chi connectivity index (χ4v) is 5.38. The van der Waals surface area contributed by atoms with E-state index < -0.39 is 93.1 Å². The summed E-state index contributed by atoms with van der Waals surface area (Å²) in [5.74, 6) is -9.57. The number of halogens is 7. The summed E-state index contributed by atoms with van der Waals surface area (Å²) in [5.41, 5.74) is 0. The molecule has 12 heteroatoms. The smallest absolute Gasteiger partial charge is 0.303 e. The predicted octanol–water partition coefficient (Wildman–Crippen LogP) is 1.64. The highest BCUT2D eigenvalue weighted by atomic mass is 127. The van der Waals surface area contributed by atoms with Crippen molar-refractivity contribution in [3.8, 4) is 18.2 Å². The van der Waals surface area contributed by atoms with Gasteiger partial charge in [0.1, 0.15) is 23.5 Å². The molecule has 0 heterocycles. The van der Waals surface area contributed by atoms with Crippen molar-refractivity contribution < 1.29 is 47.5 Å². The largest absolute Gasteiger partial charge is 0.370 e. The van der Waals surface area contributed by atoms with E-state index >= 15 is 0 Å². The molecule has 2 aromatic rings. The van der Waals surface area contributed by atoms with Crippen molar-refractivity contribution in [2.24, 2.45) is 17.8 Å². The number of nitrogens with zero attached hydrogens (tertiary/aromatic N) is 5. The Morgan fingerprint density at radius 1 is 0.618 bits per heavy atom. The molecule has 0 saturated heterocycles. The zero-order chi connectivity index (χ0) is 25.6. The number of hydrogen-bond acceptors (Lipinski definition) is 3. The molecule has 1 aliphatic rings. The molecule has 0 aliphatic heterocycles. The zero-order valence-corrected chi connectivity index (χ0v) is 18.7. The molecule has 1 saturated carbocycles. The molecule has 3 rings (SSSR count). The van der Waals surface area contributed by atoms with Gasteiger partial charge in [0, 0.05) is 24.3 Å². The summed E-state index contributed by atoms with van der Waals surface area (Å²) < 4.78 is 77.7. The molecule has 4 unspecified atom stereocenters. The summed E-state index contributed by atoms with van der Waals surface area (Å²) in [6.45, 7) is 13.8. The Bertz CT molecular complexity index is 1100. The van der Waals surface area contributed by atoms with Crippen LogP contribution in [0, 0.1) is 107 Å². The van der Waals surface area contributed by atoms with Crippen LogP contribution in [0.5, 0.6) is 0 Å². The average molecular weight is 584 g/mol. The van der Waals surface area contributed by atoms with E-state index in [1.54, 1.807) is 0 Å². The van der Waals surface area contributed by atoms with Crippen LogP contribution in [0.4, 0.5) is 26.3 Å². The molecule has 4 atom stereocenters. The summed E-state index contributed by atoms with van der Waals surface area (Å²) in [5, 5.41) is 26.5. The fourth-order valence-electron chi connectivity index (χ4n) is 3.18. The molecule has 0 amide bonds. The van der Waals surface area contributed by atoms with Crippen LogP contribution in [0.25, 0.3) is 9.69 Å². The molecule has 170 valence electrons. The van der Waals surface area contributed by atoms with Crippen LogP contribution in [-0.4, -0.2) is 12.1 Å². The molecular formula is C22H9F6IN5+. The Hall–Kier alpha value is -3.80. The van der Waals surface area contributed by atoms with Crippen LogP contribution >= 0.6 is 0 Å². The third kappa shape index (κ3) is 5.39. The van der Waals surface area contributed by atoms with Crippen molar-refractivity contribution in [3.05, 3.63) is 89.1 Å². The van der Waals surface area contributed by atoms with Gasteiger partial charge in [0.2, 0.25) is 0 Å². The second-order valence-corrected chi connectivity index (χ2v) is 9.36. The van der Waals surface area contributed by atoms with Gasteiger partial charge in [-0.15, -0.1) is 0 Å². The predicted molar refractivity (Wildman–Crippen MR) is 98.1 cm³/mol. The Balaban J connectivity index is 0.000000248. The zero-order valence-electron chi connectivity index (χ0n) is 16.6. The first-order chi connectivity index (χ1) is 16.1. The maximum atomic E-state index is 13.4. The minimum Gasteiger partial charge on any atom is -0.303 e. The molecule has 34 heavy (non-hydrogen) atoms. The van der Waals surface area contributed by atoms with E-state index in [9.17, 15) is 26.3 Å². The van der Waals surface area contributed by atoms with Gasteiger partial charge in [-0.2, -0.15) is 15.8 Å². The topological polar surface area (TPSA) is 80.1 Å². The van der Waals surface area contributed by atoms with Gasteiger partial charge in [-0.3, -0.25) is 0 Å². The molecule has 5 nitrogen and oxygen atoms in total. The minimum atomic E-state index is -1.92. The van der Waals surface area contributed by atoms with Crippen LogP contribution < -0.4 is 21.2 Å². The first-order valence-corrected chi connectivity index (χ1v) is 11.1. The van der Waals surface area contributed by atoms with Crippen molar-refractivity contribution in [1.29, 1.82) is 15.8 Å². The van der Waals surface area contributed by atoms with Crippen LogP contribution in [-0.2, 0) is 0 Å². The van der Waals surface area contributed by atoms with Gasteiger partial charge in [0.05, 0.1) is 24.1 Å². The summed E-state index contributed by atoms with van der Waals surface area (Å²) in [7, 11) is 0. The number of nitriles is 3. The first-order valence-electron chi connectivity index (χ1n) is 8.99. The lowest BCUT2D eigenvalue weighted by Gasteiger charge is -2.01. The van der Waals surface area contributed by atoms with E-state index in [1.807, 2.05) is 18.2 Å². The lowest BCUT2D eigenvalue weighted by atomic mass is 9.92. The molecule has 0 N–H and O–H groups in total. The maximum absolute atomic E-state index is 13.4. The highest BCUT2D eigenvalue weighted by molar-refractivity contribution is 5.26. The number of benzene rings is 2. The average Bonchev–Trinajstić information content (AvgIpc) is 3.09. The van der Waals surface area contributed by atoms with Crippen molar-refractivity contribution in [2.45, 2.75) is 12.1 Å². The second kappa shape index (κ2) is 11.4. The third-order valence-electron chi connectivity index (χ3n) is 4.69. The van der Waals surface area contributed by atoms with Crippen molar-refractivity contribution in [3.63, 3.8) is 0 Å². The van der Waals surface area contributed by atoms with Gasteiger partial charge >= 0.3 is 33.3 Å².